The van der Waals surface area contributed by atoms with Gasteiger partial charge >= 0.3 is 0 Å². The van der Waals surface area contributed by atoms with Gasteiger partial charge in [0.05, 0.1) is 11.1 Å². The molecule has 0 atom stereocenters. The maximum Gasteiger partial charge on any atom is 0.252 e. The van der Waals surface area contributed by atoms with Crippen LogP contribution < -0.4 is 5.32 Å². The number of pyridine rings is 1. The van der Waals surface area contributed by atoms with Gasteiger partial charge in [0.25, 0.3) is 5.91 Å². The van der Waals surface area contributed by atoms with Crippen LogP contribution in [0.25, 0.3) is 10.9 Å². The summed E-state index contributed by atoms with van der Waals surface area (Å²) in [5.74, 6) is -0.205. The zero-order chi connectivity index (χ0) is 13.0. The van der Waals surface area contributed by atoms with E-state index in [1.54, 1.807) is 6.07 Å². The minimum absolute atomic E-state index is 0.0537. The molecular weight excluding hydrogens is 252 g/mol. The summed E-state index contributed by atoms with van der Waals surface area (Å²) in [5.41, 5.74) is 1.20. The molecule has 2 aromatic rings. The number of hydrogen-bond acceptors (Lipinski definition) is 3. The lowest BCUT2D eigenvalue weighted by molar-refractivity contribution is 0.0952. The summed E-state index contributed by atoms with van der Waals surface area (Å²) in [7, 11) is 0. The van der Waals surface area contributed by atoms with Gasteiger partial charge in [0.1, 0.15) is 5.15 Å². The number of fused-ring (bicyclic) bond motifs is 1. The summed E-state index contributed by atoms with van der Waals surface area (Å²) in [5, 5.41) is 12.5. The molecule has 1 heterocycles. The van der Waals surface area contributed by atoms with E-state index < -0.39 is 0 Å². The van der Waals surface area contributed by atoms with E-state index in [4.69, 9.17) is 16.7 Å². The Balaban J connectivity index is 2.34. The molecule has 94 valence electrons. The molecule has 0 fully saturated rings. The largest absolute Gasteiger partial charge is 0.396 e. The highest BCUT2D eigenvalue weighted by Gasteiger charge is 2.11. The third-order valence-corrected chi connectivity index (χ3v) is 2.74. The number of aliphatic hydroxyl groups is 1. The van der Waals surface area contributed by atoms with Crippen molar-refractivity contribution >= 4 is 28.4 Å². The van der Waals surface area contributed by atoms with Crippen LogP contribution in [0, 0.1) is 0 Å². The van der Waals surface area contributed by atoms with Crippen molar-refractivity contribution in [3.8, 4) is 0 Å². The number of aliphatic hydroxyl groups excluding tert-OH is 1. The van der Waals surface area contributed by atoms with Gasteiger partial charge in [-0.25, -0.2) is 4.98 Å². The van der Waals surface area contributed by atoms with Crippen molar-refractivity contribution < 1.29 is 9.90 Å². The van der Waals surface area contributed by atoms with Crippen molar-refractivity contribution in [2.75, 3.05) is 13.2 Å². The van der Waals surface area contributed by atoms with E-state index in [9.17, 15) is 4.79 Å². The van der Waals surface area contributed by atoms with Gasteiger partial charge in [-0.2, -0.15) is 0 Å². The average molecular weight is 265 g/mol. The summed E-state index contributed by atoms with van der Waals surface area (Å²) in [6, 6.07) is 8.89. The maximum atomic E-state index is 12.0. The molecule has 0 aliphatic carbocycles. The molecule has 0 radical (unpaired) electrons. The predicted octanol–water partition coefficient (Wildman–Crippen LogP) is 2.00. The topological polar surface area (TPSA) is 62.2 Å². The van der Waals surface area contributed by atoms with Crippen LogP contribution in [0.4, 0.5) is 0 Å². The standard InChI is InChI=1S/C13H13ClN2O2/c14-12-8-10(13(18)15-6-3-7-17)9-4-1-2-5-11(9)16-12/h1-2,4-5,8,17H,3,6-7H2,(H,15,18). The number of aromatic nitrogens is 1. The second-order valence-corrected chi connectivity index (χ2v) is 4.23. The third-order valence-electron chi connectivity index (χ3n) is 2.55. The van der Waals surface area contributed by atoms with Crippen molar-refractivity contribution in [1.29, 1.82) is 0 Å². The number of carbonyl (C=O) groups is 1. The SMILES string of the molecule is O=C(NCCCO)c1cc(Cl)nc2ccccc12. The second kappa shape index (κ2) is 5.80. The van der Waals surface area contributed by atoms with Gasteiger partial charge in [-0.05, 0) is 18.6 Å². The second-order valence-electron chi connectivity index (χ2n) is 3.84. The van der Waals surface area contributed by atoms with Gasteiger partial charge in [0, 0.05) is 18.5 Å². The Morgan fingerprint density at radius 1 is 1.39 bits per heavy atom. The molecule has 0 aliphatic heterocycles. The normalized spacial score (nSPS) is 10.6. The van der Waals surface area contributed by atoms with Crippen LogP contribution in [0.1, 0.15) is 16.8 Å². The van der Waals surface area contributed by atoms with Crippen LogP contribution in [-0.2, 0) is 0 Å². The molecule has 2 N–H and O–H groups in total. The number of nitrogens with zero attached hydrogens (tertiary/aromatic N) is 1. The Morgan fingerprint density at radius 2 is 2.17 bits per heavy atom. The van der Waals surface area contributed by atoms with Crippen LogP contribution in [0.3, 0.4) is 0 Å². The van der Waals surface area contributed by atoms with Crippen LogP contribution in [-0.4, -0.2) is 29.1 Å². The lowest BCUT2D eigenvalue weighted by Gasteiger charge is -2.07. The summed E-state index contributed by atoms with van der Waals surface area (Å²) < 4.78 is 0. The van der Waals surface area contributed by atoms with Crippen LogP contribution in [0.2, 0.25) is 5.15 Å². The van der Waals surface area contributed by atoms with Gasteiger partial charge in [-0.15, -0.1) is 0 Å². The lowest BCUT2D eigenvalue weighted by Crippen LogP contribution is -2.25. The molecule has 4 nitrogen and oxygen atoms in total. The number of rotatable bonds is 4. The Morgan fingerprint density at radius 3 is 2.94 bits per heavy atom. The molecule has 0 aliphatic rings. The van der Waals surface area contributed by atoms with E-state index in [2.05, 4.69) is 10.3 Å². The third kappa shape index (κ3) is 2.78. The Labute approximate surface area is 110 Å². The quantitative estimate of drug-likeness (QED) is 0.656. The average Bonchev–Trinajstić information content (AvgIpc) is 2.38. The summed E-state index contributed by atoms with van der Waals surface area (Å²) in [6.07, 6.45) is 0.530. The van der Waals surface area contributed by atoms with Crippen molar-refractivity contribution in [3.63, 3.8) is 0 Å². The molecule has 0 saturated heterocycles. The molecule has 1 aromatic carbocycles. The Hall–Kier alpha value is -1.65. The van der Waals surface area contributed by atoms with Gasteiger partial charge in [0.2, 0.25) is 0 Å². The minimum atomic E-state index is -0.205. The zero-order valence-corrected chi connectivity index (χ0v) is 10.4. The predicted molar refractivity (Wildman–Crippen MR) is 70.8 cm³/mol. The minimum Gasteiger partial charge on any atom is -0.396 e. The summed E-state index contributed by atoms with van der Waals surface area (Å²) >= 11 is 5.90. The molecule has 0 bridgehead atoms. The molecule has 0 spiro atoms. The molecule has 2 rings (SSSR count). The Bertz CT molecular complexity index is 572. The maximum absolute atomic E-state index is 12.0. The molecule has 0 saturated carbocycles. The van der Waals surface area contributed by atoms with Gasteiger partial charge in [-0.1, -0.05) is 29.8 Å². The first kappa shape index (κ1) is 12.8. The number of nitrogens with one attached hydrogen (secondary N) is 1. The molecule has 0 unspecified atom stereocenters. The number of carbonyl (C=O) groups excluding carboxylic acids is 1. The molecule has 18 heavy (non-hydrogen) atoms. The monoisotopic (exact) mass is 264 g/mol. The molecule has 1 amide bonds. The smallest absolute Gasteiger partial charge is 0.252 e. The van der Waals surface area contributed by atoms with Gasteiger partial charge < -0.3 is 10.4 Å². The van der Waals surface area contributed by atoms with Crippen molar-refractivity contribution in [2.45, 2.75) is 6.42 Å². The number of para-hydroxylation sites is 1. The fraction of sp³-hybridized carbons (Fsp3) is 0.231. The highest BCUT2D eigenvalue weighted by atomic mass is 35.5. The molecule has 5 heteroatoms. The summed E-state index contributed by atoms with van der Waals surface area (Å²) in [4.78, 5) is 16.2. The van der Waals surface area contributed by atoms with Crippen LogP contribution in [0.15, 0.2) is 30.3 Å². The number of amides is 1. The highest BCUT2D eigenvalue weighted by molar-refractivity contribution is 6.30. The first-order valence-electron chi connectivity index (χ1n) is 5.66. The van der Waals surface area contributed by atoms with Crippen molar-refractivity contribution in [2.24, 2.45) is 0 Å². The van der Waals surface area contributed by atoms with Crippen LogP contribution >= 0.6 is 11.6 Å². The van der Waals surface area contributed by atoms with E-state index in [0.717, 1.165) is 5.39 Å². The fourth-order valence-corrected chi connectivity index (χ4v) is 1.91. The fourth-order valence-electron chi connectivity index (χ4n) is 1.71. The first-order valence-corrected chi connectivity index (χ1v) is 6.04. The number of hydrogen-bond donors (Lipinski definition) is 2. The van der Waals surface area contributed by atoms with Crippen molar-refractivity contribution in [3.05, 3.63) is 41.0 Å². The first-order chi connectivity index (χ1) is 8.72. The van der Waals surface area contributed by atoms with E-state index in [0.29, 0.717) is 29.2 Å². The number of benzene rings is 1. The van der Waals surface area contributed by atoms with Gasteiger partial charge in [-0.3, -0.25) is 4.79 Å². The highest BCUT2D eigenvalue weighted by Crippen LogP contribution is 2.20. The van der Waals surface area contributed by atoms with E-state index in [1.165, 1.54) is 0 Å². The van der Waals surface area contributed by atoms with E-state index in [-0.39, 0.29) is 12.5 Å². The lowest BCUT2D eigenvalue weighted by atomic mass is 10.1. The Kier molecular flexibility index (Phi) is 4.12. The number of halogens is 1. The van der Waals surface area contributed by atoms with Crippen LogP contribution in [0.5, 0.6) is 0 Å². The van der Waals surface area contributed by atoms with Crippen molar-refractivity contribution in [1.82, 2.24) is 10.3 Å². The zero-order valence-electron chi connectivity index (χ0n) is 9.69. The van der Waals surface area contributed by atoms with Gasteiger partial charge in [0.15, 0.2) is 0 Å². The van der Waals surface area contributed by atoms with E-state index in [1.807, 2.05) is 24.3 Å². The molecular formula is C13H13ClN2O2. The molecule has 1 aromatic heterocycles. The van der Waals surface area contributed by atoms with E-state index >= 15 is 0 Å². The summed E-state index contributed by atoms with van der Waals surface area (Å²) in [6.45, 7) is 0.488.